The van der Waals surface area contributed by atoms with E-state index in [1.54, 1.807) is 6.08 Å². The highest BCUT2D eigenvalue weighted by molar-refractivity contribution is 5.26. The molecule has 0 atom stereocenters. The molecule has 128 valence electrons. The lowest BCUT2D eigenvalue weighted by atomic mass is 9.77. The summed E-state index contributed by atoms with van der Waals surface area (Å²) in [7, 11) is 0. The van der Waals surface area contributed by atoms with Crippen molar-refractivity contribution in [3.05, 3.63) is 59.4 Å². The van der Waals surface area contributed by atoms with Gasteiger partial charge in [0.25, 0.3) is 0 Å². The van der Waals surface area contributed by atoms with Crippen molar-refractivity contribution >= 4 is 0 Å². The summed E-state index contributed by atoms with van der Waals surface area (Å²) in [5.41, 5.74) is 2.95. The maximum atomic E-state index is 12.6. The molecule has 0 amide bonds. The zero-order valence-corrected chi connectivity index (χ0v) is 14.7. The second-order valence-electron chi connectivity index (χ2n) is 6.84. The summed E-state index contributed by atoms with van der Waals surface area (Å²) in [6.07, 6.45) is 14.5. The fourth-order valence-electron chi connectivity index (χ4n) is 3.65. The first-order chi connectivity index (χ1) is 11.7. The quantitative estimate of drug-likeness (QED) is 0.408. The third-order valence-corrected chi connectivity index (χ3v) is 5.06. The Morgan fingerprint density at radius 1 is 1.21 bits per heavy atom. The van der Waals surface area contributed by atoms with Gasteiger partial charge in [-0.15, -0.1) is 0 Å². The molecule has 1 aliphatic carbocycles. The summed E-state index contributed by atoms with van der Waals surface area (Å²) in [4.78, 5) is 0. The van der Waals surface area contributed by atoms with Crippen LogP contribution in [-0.2, 0) is 6.42 Å². The molecule has 0 heterocycles. The van der Waals surface area contributed by atoms with Gasteiger partial charge in [0, 0.05) is 0 Å². The Kier molecular flexibility index (Phi) is 7.75. The van der Waals surface area contributed by atoms with Crippen molar-refractivity contribution in [2.24, 2.45) is 5.92 Å². The SMILES string of the molecule is CCCc1ccc([C@H]2CC[C@H](CCC=CC=C(F)C#N)CC2)cc1. The molecule has 0 aliphatic heterocycles. The maximum absolute atomic E-state index is 12.6. The smallest absolute Gasteiger partial charge is 0.195 e. The van der Waals surface area contributed by atoms with Crippen LogP contribution < -0.4 is 0 Å². The van der Waals surface area contributed by atoms with Crippen molar-refractivity contribution in [2.75, 3.05) is 0 Å². The highest BCUT2D eigenvalue weighted by Crippen LogP contribution is 2.37. The van der Waals surface area contributed by atoms with Crippen molar-refractivity contribution < 1.29 is 4.39 Å². The monoisotopic (exact) mass is 325 g/mol. The van der Waals surface area contributed by atoms with E-state index in [2.05, 4.69) is 31.2 Å². The Labute approximate surface area is 145 Å². The molecule has 0 spiro atoms. The van der Waals surface area contributed by atoms with Crippen LogP contribution in [-0.4, -0.2) is 0 Å². The number of benzene rings is 1. The van der Waals surface area contributed by atoms with E-state index in [1.807, 2.05) is 6.08 Å². The Bertz CT molecular complexity index is 583. The fourth-order valence-corrected chi connectivity index (χ4v) is 3.65. The van der Waals surface area contributed by atoms with E-state index in [9.17, 15) is 4.39 Å². The molecule has 1 nitrogen and oxygen atoms in total. The van der Waals surface area contributed by atoms with Gasteiger partial charge in [-0.05, 0) is 74.0 Å². The highest BCUT2D eigenvalue weighted by atomic mass is 19.1. The van der Waals surface area contributed by atoms with Crippen LogP contribution >= 0.6 is 0 Å². The number of allylic oxidation sites excluding steroid dienone is 4. The van der Waals surface area contributed by atoms with Gasteiger partial charge in [0.2, 0.25) is 0 Å². The van der Waals surface area contributed by atoms with Gasteiger partial charge in [0.15, 0.2) is 5.83 Å². The minimum atomic E-state index is -0.725. The van der Waals surface area contributed by atoms with Crippen LogP contribution in [0, 0.1) is 17.2 Å². The first-order valence-corrected chi connectivity index (χ1v) is 9.24. The van der Waals surface area contributed by atoms with Crippen LogP contribution in [0.5, 0.6) is 0 Å². The fraction of sp³-hybridized carbons (Fsp3) is 0.500. The van der Waals surface area contributed by atoms with Crippen LogP contribution in [0.3, 0.4) is 0 Å². The predicted molar refractivity (Wildman–Crippen MR) is 98.3 cm³/mol. The number of rotatable bonds is 7. The number of halogens is 1. The van der Waals surface area contributed by atoms with Crippen LogP contribution in [0.4, 0.5) is 4.39 Å². The van der Waals surface area contributed by atoms with Gasteiger partial charge in [0.1, 0.15) is 6.07 Å². The topological polar surface area (TPSA) is 23.8 Å². The van der Waals surface area contributed by atoms with E-state index in [-0.39, 0.29) is 0 Å². The standard InChI is InChI=1S/C22H28FN/c1-2-6-18-9-13-20(14-10-18)21-15-11-19(12-16-21)7-4-3-5-8-22(23)17-24/h3,5,8-10,13-14,19,21H,2,4,6-7,11-12,15-16H2,1H3/t19-,21-. The van der Waals surface area contributed by atoms with Gasteiger partial charge >= 0.3 is 0 Å². The average molecular weight is 325 g/mol. The van der Waals surface area contributed by atoms with Gasteiger partial charge in [-0.2, -0.15) is 9.65 Å². The van der Waals surface area contributed by atoms with Gasteiger partial charge in [0.05, 0.1) is 0 Å². The summed E-state index contributed by atoms with van der Waals surface area (Å²) in [6, 6.07) is 10.7. The van der Waals surface area contributed by atoms with Gasteiger partial charge in [-0.1, -0.05) is 49.8 Å². The number of hydrogen-bond donors (Lipinski definition) is 0. The number of nitriles is 1. The third kappa shape index (κ3) is 5.96. The predicted octanol–water partition coefficient (Wildman–Crippen LogP) is 6.63. The Balaban J connectivity index is 1.72. The van der Waals surface area contributed by atoms with Crippen molar-refractivity contribution in [1.29, 1.82) is 5.26 Å². The normalized spacial score (nSPS) is 21.8. The summed E-state index contributed by atoms with van der Waals surface area (Å²) in [6.45, 7) is 2.22. The first kappa shape index (κ1) is 18.5. The maximum Gasteiger partial charge on any atom is 0.199 e. The lowest BCUT2D eigenvalue weighted by Gasteiger charge is -2.28. The molecule has 24 heavy (non-hydrogen) atoms. The van der Waals surface area contributed by atoms with Gasteiger partial charge in [-0.25, -0.2) is 0 Å². The molecular weight excluding hydrogens is 297 g/mol. The van der Waals surface area contributed by atoms with Crippen molar-refractivity contribution in [2.45, 2.75) is 64.2 Å². The number of hydrogen-bond acceptors (Lipinski definition) is 1. The highest BCUT2D eigenvalue weighted by Gasteiger charge is 2.21. The second-order valence-corrected chi connectivity index (χ2v) is 6.84. The number of aryl methyl sites for hydroxylation is 1. The molecule has 0 radical (unpaired) electrons. The molecule has 1 aromatic carbocycles. The molecule has 2 rings (SSSR count). The molecular formula is C22H28FN. The molecule has 0 aromatic heterocycles. The summed E-state index contributed by atoms with van der Waals surface area (Å²) in [5.74, 6) is 0.784. The molecule has 0 bridgehead atoms. The average Bonchev–Trinajstić information content (AvgIpc) is 2.63. The minimum absolute atomic E-state index is 0.722. The lowest BCUT2D eigenvalue weighted by molar-refractivity contribution is 0.312. The Morgan fingerprint density at radius 2 is 1.92 bits per heavy atom. The molecule has 0 N–H and O–H groups in total. The van der Waals surface area contributed by atoms with E-state index >= 15 is 0 Å². The molecule has 0 saturated heterocycles. The Morgan fingerprint density at radius 3 is 2.54 bits per heavy atom. The summed E-state index contributed by atoms with van der Waals surface area (Å²) < 4.78 is 12.6. The minimum Gasteiger partial charge on any atom is -0.195 e. The zero-order chi connectivity index (χ0) is 17.2. The van der Waals surface area contributed by atoms with Crippen LogP contribution in [0.2, 0.25) is 0 Å². The second kappa shape index (κ2) is 10.1. The van der Waals surface area contributed by atoms with E-state index in [1.165, 1.54) is 68.2 Å². The van der Waals surface area contributed by atoms with E-state index in [0.29, 0.717) is 0 Å². The summed E-state index contributed by atoms with van der Waals surface area (Å²) >= 11 is 0. The number of nitrogens with zero attached hydrogens (tertiary/aromatic N) is 1. The van der Waals surface area contributed by atoms with Crippen LogP contribution in [0.1, 0.15) is 68.9 Å². The Hall–Kier alpha value is -1.88. The van der Waals surface area contributed by atoms with E-state index in [4.69, 9.17) is 5.26 Å². The molecule has 1 aliphatic rings. The third-order valence-electron chi connectivity index (χ3n) is 5.06. The van der Waals surface area contributed by atoms with E-state index in [0.717, 1.165) is 18.3 Å². The van der Waals surface area contributed by atoms with Crippen LogP contribution in [0.15, 0.2) is 48.3 Å². The lowest BCUT2D eigenvalue weighted by Crippen LogP contribution is -2.13. The molecule has 2 heteroatoms. The molecule has 0 unspecified atom stereocenters. The molecule has 1 saturated carbocycles. The molecule has 1 aromatic rings. The molecule has 1 fully saturated rings. The zero-order valence-electron chi connectivity index (χ0n) is 14.7. The van der Waals surface area contributed by atoms with Crippen molar-refractivity contribution in [3.8, 4) is 6.07 Å². The van der Waals surface area contributed by atoms with Crippen molar-refractivity contribution in [1.82, 2.24) is 0 Å². The first-order valence-electron chi connectivity index (χ1n) is 9.24. The van der Waals surface area contributed by atoms with E-state index < -0.39 is 5.83 Å². The summed E-state index contributed by atoms with van der Waals surface area (Å²) in [5, 5.41) is 8.33. The van der Waals surface area contributed by atoms with Gasteiger partial charge in [-0.3, -0.25) is 0 Å². The largest absolute Gasteiger partial charge is 0.199 e. The van der Waals surface area contributed by atoms with Crippen LogP contribution in [0.25, 0.3) is 0 Å². The van der Waals surface area contributed by atoms with Crippen molar-refractivity contribution in [3.63, 3.8) is 0 Å². The van der Waals surface area contributed by atoms with Gasteiger partial charge < -0.3 is 0 Å².